The molecule has 0 heterocycles. The van der Waals surface area contributed by atoms with Crippen LogP contribution in [0.1, 0.15) is 29.7 Å². The molecule has 0 aliphatic rings. The van der Waals surface area contributed by atoms with Crippen molar-refractivity contribution in [2.75, 3.05) is 5.75 Å². The van der Waals surface area contributed by atoms with Crippen LogP contribution in [0.3, 0.4) is 0 Å². The van der Waals surface area contributed by atoms with E-state index < -0.39 is 0 Å². The molecule has 0 bridgehead atoms. The lowest BCUT2D eigenvalue weighted by Gasteiger charge is -2.14. The van der Waals surface area contributed by atoms with E-state index in [-0.39, 0.29) is 11.9 Å². The molecule has 1 amide bonds. The van der Waals surface area contributed by atoms with E-state index >= 15 is 0 Å². The Bertz CT molecular complexity index is 610. The summed E-state index contributed by atoms with van der Waals surface area (Å²) < 4.78 is 0. The fraction of sp³-hybridized carbons (Fsp3) is 0.278. The highest BCUT2D eigenvalue weighted by atomic mass is 35.5. The number of benzene rings is 2. The summed E-state index contributed by atoms with van der Waals surface area (Å²) in [6.07, 6.45) is 0. The van der Waals surface area contributed by atoms with Gasteiger partial charge in [0.05, 0.1) is 11.8 Å². The van der Waals surface area contributed by atoms with E-state index in [9.17, 15) is 4.79 Å². The van der Waals surface area contributed by atoms with Crippen LogP contribution in [-0.4, -0.2) is 11.7 Å². The predicted molar refractivity (Wildman–Crippen MR) is 95.4 cm³/mol. The number of aryl methyl sites for hydroxylation is 1. The Kier molecular flexibility index (Phi) is 6.34. The van der Waals surface area contributed by atoms with Gasteiger partial charge in [-0.15, -0.1) is 11.8 Å². The maximum Gasteiger partial charge on any atom is 0.230 e. The molecule has 1 N–H and O–H groups in total. The second-order valence-corrected chi connectivity index (χ2v) is 6.74. The minimum atomic E-state index is -0.00950. The molecular formula is C18H20ClNOS. The topological polar surface area (TPSA) is 29.1 Å². The van der Waals surface area contributed by atoms with E-state index in [0.717, 1.165) is 11.3 Å². The van der Waals surface area contributed by atoms with Gasteiger partial charge in [0, 0.05) is 10.8 Å². The molecule has 1 atom stereocenters. The lowest BCUT2D eigenvalue weighted by Crippen LogP contribution is -2.28. The highest BCUT2D eigenvalue weighted by Crippen LogP contribution is 2.17. The van der Waals surface area contributed by atoms with Gasteiger partial charge in [0.2, 0.25) is 5.91 Å². The first-order valence-electron chi connectivity index (χ1n) is 7.22. The van der Waals surface area contributed by atoms with E-state index in [1.807, 2.05) is 31.2 Å². The number of carbonyl (C=O) groups excluding carboxylic acids is 1. The van der Waals surface area contributed by atoms with Crippen LogP contribution in [0.5, 0.6) is 0 Å². The number of nitrogens with one attached hydrogen (secondary N) is 1. The van der Waals surface area contributed by atoms with Crippen LogP contribution >= 0.6 is 23.4 Å². The van der Waals surface area contributed by atoms with Crippen molar-refractivity contribution < 1.29 is 4.79 Å². The minimum absolute atomic E-state index is 0.00950. The van der Waals surface area contributed by atoms with Crippen LogP contribution in [0, 0.1) is 6.92 Å². The molecule has 1 unspecified atom stereocenters. The third-order valence-electron chi connectivity index (χ3n) is 3.37. The van der Waals surface area contributed by atoms with Gasteiger partial charge in [-0.05, 0) is 37.1 Å². The molecule has 2 rings (SSSR count). The zero-order valence-electron chi connectivity index (χ0n) is 12.8. The van der Waals surface area contributed by atoms with Crippen LogP contribution in [0.15, 0.2) is 48.5 Å². The number of thioether (sulfide) groups is 1. The van der Waals surface area contributed by atoms with E-state index in [2.05, 4.69) is 36.5 Å². The minimum Gasteiger partial charge on any atom is -0.349 e. The number of hydrogen-bond donors (Lipinski definition) is 1. The van der Waals surface area contributed by atoms with E-state index in [0.29, 0.717) is 10.8 Å². The Balaban J connectivity index is 1.75. The summed E-state index contributed by atoms with van der Waals surface area (Å²) in [5.41, 5.74) is 3.55. The molecule has 2 nitrogen and oxygen atoms in total. The van der Waals surface area contributed by atoms with Crippen molar-refractivity contribution >= 4 is 29.3 Å². The zero-order chi connectivity index (χ0) is 15.9. The number of hydrogen-bond acceptors (Lipinski definition) is 2. The summed E-state index contributed by atoms with van der Waals surface area (Å²) in [7, 11) is 0. The van der Waals surface area contributed by atoms with E-state index in [4.69, 9.17) is 11.6 Å². The molecule has 0 radical (unpaired) electrons. The first kappa shape index (κ1) is 16.9. The molecule has 0 aliphatic heterocycles. The molecule has 4 heteroatoms. The summed E-state index contributed by atoms with van der Waals surface area (Å²) in [6, 6.07) is 15.9. The first-order valence-corrected chi connectivity index (χ1v) is 8.76. The fourth-order valence-electron chi connectivity index (χ4n) is 2.06. The summed E-state index contributed by atoms with van der Waals surface area (Å²) in [6.45, 7) is 4.05. The largest absolute Gasteiger partial charge is 0.349 e. The molecule has 22 heavy (non-hydrogen) atoms. The second-order valence-electron chi connectivity index (χ2n) is 5.32. The van der Waals surface area contributed by atoms with Crippen molar-refractivity contribution in [3.63, 3.8) is 0 Å². The van der Waals surface area contributed by atoms with Crippen molar-refractivity contribution in [1.29, 1.82) is 0 Å². The lowest BCUT2D eigenvalue weighted by atomic mass is 10.1. The molecule has 0 spiro atoms. The number of carbonyl (C=O) groups is 1. The second kappa shape index (κ2) is 8.25. The van der Waals surface area contributed by atoms with Crippen molar-refractivity contribution in [2.45, 2.75) is 25.6 Å². The lowest BCUT2D eigenvalue weighted by molar-refractivity contribution is -0.119. The number of amides is 1. The van der Waals surface area contributed by atoms with E-state index in [1.54, 1.807) is 11.8 Å². The summed E-state index contributed by atoms with van der Waals surface area (Å²) in [5, 5.41) is 3.71. The Morgan fingerprint density at radius 2 is 1.77 bits per heavy atom. The van der Waals surface area contributed by atoms with Gasteiger partial charge in [0.15, 0.2) is 0 Å². The summed E-state index contributed by atoms with van der Waals surface area (Å²) in [5.74, 6) is 1.37. The van der Waals surface area contributed by atoms with Gasteiger partial charge in [0.25, 0.3) is 0 Å². The monoisotopic (exact) mass is 333 g/mol. The van der Waals surface area contributed by atoms with Crippen LogP contribution in [0.4, 0.5) is 0 Å². The molecule has 0 fully saturated rings. The summed E-state index contributed by atoms with van der Waals surface area (Å²) >= 11 is 7.49. The third kappa shape index (κ3) is 5.39. The Hall–Kier alpha value is -1.45. The maximum absolute atomic E-state index is 12.0. The number of rotatable bonds is 6. The van der Waals surface area contributed by atoms with Crippen LogP contribution in [-0.2, 0) is 10.5 Å². The first-order chi connectivity index (χ1) is 10.5. The maximum atomic E-state index is 12.0. The fourth-order valence-corrected chi connectivity index (χ4v) is 2.99. The number of halogens is 1. The smallest absolute Gasteiger partial charge is 0.230 e. The average molecular weight is 334 g/mol. The molecule has 116 valence electrons. The molecular weight excluding hydrogens is 314 g/mol. The average Bonchev–Trinajstić information content (AvgIpc) is 2.50. The molecule has 0 saturated heterocycles. The van der Waals surface area contributed by atoms with Gasteiger partial charge in [-0.3, -0.25) is 4.79 Å². The Morgan fingerprint density at radius 1 is 1.14 bits per heavy atom. The van der Waals surface area contributed by atoms with E-state index in [1.165, 1.54) is 11.1 Å². The summed E-state index contributed by atoms with van der Waals surface area (Å²) in [4.78, 5) is 12.0. The Morgan fingerprint density at radius 3 is 2.41 bits per heavy atom. The van der Waals surface area contributed by atoms with Gasteiger partial charge in [-0.25, -0.2) is 0 Å². The third-order valence-corrected chi connectivity index (χ3v) is 4.63. The van der Waals surface area contributed by atoms with Crippen molar-refractivity contribution in [3.05, 3.63) is 70.2 Å². The molecule has 0 saturated carbocycles. The zero-order valence-corrected chi connectivity index (χ0v) is 14.4. The van der Waals surface area contributed by atoms with Gasteiger partial charge < -0.3 is 5.32 Å². The van der Waals surface area contributed by atoms with Crippen LogP contribution < -0.4 is 5.32 Å². The Labute approximate surface area is 141 Å². The predicted octanol–water partition coefficient (Wildman–Crippen LogP) is 4.76. The quantitative estimate of drug-likeness (QED) is 0.825. The van der Waals surface area contributed by atoms with Gasteiger partial charge in [-0.1, -0.05) is 53.6 Å². The molecule has 2 aromatic rings. The van der Waals surface area contributed by atoms with Gasteiger partial charge in [-0.2, -0.15) is 0 Å². The van der Waals surface area contributed by atoms with Crippen LogP contribution in [0.2, 0.25) is 5.02 Å². The highest BCUT2D eigenvalue weighted by molar-refractivity contribution is 7.99. The van der Waals surface area contributed by atoms with Crippen molar-refractivity contribution in [1.82, 2.24) is 5.32 Å². The highest BCUT2D eigenvalue weighted by Gasteiger charge is 2.09. The van der Waals surface area contributed by atoms with Gasteiger partial charge in [0.1, 0.15) is 0 Å². The molecule has 0 aromatic heterocycles. The van der Waals surface area contributed by atoms with Crippen LogP contribution in [0.25, 0.3) is 0 Å². The SMILES string of the molecule is Cc1ccc(CSCC(=O)NC(C)c2ccc(Cl)cc2)cc1. The molecule has 0 aliphatic carbocycles. The van der Waals surface area contributed by atoms with Crippen molar-refractivity contribution in [3.8, 4) is 0 Å². The normalized spacial score (nSPS) is 12.0. The van der Waals surface area contributed by atoms with Crippen molar-refractivity contribution in [2.24, 2.45) is 0 Å². The molecule has 2 aromatic carbocycles. The van der Waals surface area contributed by atoms with Gasteiger partial charge >= 0.3 is 0 Å². The standard InChI is InChI=1S/C18H20ClNOS/c1-13-3-5-15(6-4-13)11-22-12-18(21)20-14(2)16-7-9-17(19)10-8-16/h3-10,14H,11-12H2,1-2H3,(H,20,21).